The minimum absolute atomic E-state index is 0.229. The maximum Gasteiger partial charge on any atom is 0.151 e. The van der Waals surface area contributed by atoms with E-state index in [-0.39, 0.29) is 6.04 Å². The Morgan fingerprint density at radius 1 is 1.50 bits per heavy atom. The van der Waals surface area contributed by atoms with E-state index in [0.717, 1.165) is 12.4 Å². The summed E-state index contributed by atoms with van der Waals surface area (Å²) in [4.78, 5) is 0. The van der Waals surface area contributed by atoms with Crippen LogP contribution in [-0.2, 0) is 0 Å². The molecule has 0 bridgehead atoms. The maximum absolute atomic E-state index is 5.92. The van der Waals surface area contributed by atoms with E-state index < -0.39 is 0 Å². The molecule has 3 N–H and O–H groups in total. The third kappa shape index (κ3) is 2.56. The van der Waals surface area contributed by atoms with Gasteiger partial charge in [-0.2, -0.15) is 0 Å². The minimum atomic E-state index is 0.229. The molecule has 14 heavy (non-hydrogen) atoms. The van der Waals surface area contributed by atoms with Gasteiger partial charge < -0.3 is 11.1 Å². The fourth-order valence-electron chi connectivity index (χ4n) is 1.32. The third-order valence-electron chi connectivity index (χ3n) is 2.38. The predicted octanol–water partition coefficient (Wildman–Crippen LogP) is 1.28. The molecular weight excluding hydrogens is 200 g/mol. The van der Waals surface area contributed by atoms with Gasteiger partial charge in [-0.15, -0.1) is 10.2 Å². The van der Waals surface area contributed by atoms with Crippen LogP contribution in [0.15, 0.2) is 12.1 Å². The fourth-order valence-corrected chi connectivity index (χ4v) is 1.42. The molecule has 0 spiro atoms. The monoisotopic (exact) mass is 212 g/mol. The van der Waals surface area contributed by atoms with Crippen LogP contribution in [0.2, 0.25) is 5.15 Å². The number of aromatic nitrogens is 2. The largest absolute Gasteiger partial charge is 0.367 e. The Bertz CT molecular complexity index is 296. The molecule has 1 saturated carbocycles. The van der Waals surface area contributed by atoms with Crippen molar-refractivity contribution in [3.05, 3.63) is 17.3 Å². The van der Waals surface area contributed by atoms with Crippen LogP contribution in [0.3, 0.4) is 0 Å². The van der Waals surface area contributed by atoms with Crippen molar-refractivity contribution < 1.29 is 0 Å². The molecule has 1 aromatic rings. The number of nitrogens with one attached hydrogen (secondary N) is 1. The molecule has 4 nitrogen and oxygen atoms in total. The Kier molecular flexibility index (Phi) is 2.84. The molecule has 1 unspecified atom stereocenters. The van der Waals surface area contributed by atoms with Crippen molar-refractivity contribution in [2.45, 2.75) is 18.9 Å². The third-order valence-corrected chi connectivity index (χ3v) is 2.58. The van der Waals surface area contributed by atoms with E-state index in [4.69, 9.17) is 17.3 Å². The molecule has 1 fully saturated rings. The first kappa shape index (κ1) is 9.68. The fraction of sp³-hybridized carbons (Fsp3) is 0.556. The second kappa shape index (κ2) is 4.11. The van der Waals surface area contributed by atoms with Gasteiger partial charge in [-0.1, -0.05) is 11.6 Å². The standard InChI is InChI=1S/C9H13ClN4/c10-8-3-4-9(14-13-8)12-5-7(11)6-1-2-6/h3-4,6-7H,1-2,5,11H2,(H,12,14). The predicted molar refractivity (Wildman–Crippen MR) is 56.2 cm³/mol. The molecule has 0 radical (unpaired) electrons. The number of hydrogen-bond acceptors (Lipinski definition) is 4. The van der Waals surface area contributed by atoms with Crippen molar-refractivity contribution in [1.82, 2.24) is 10.2 Å². The summed E-state index contributed by atoms with van der Waals surface area (Å²) in [6.07, 6.45) is 2.52. The topological polar surface area (TPSA) is 63.8 Å². The van der Waals surface area contributed by atoms with Crippen LogP contribution in [0.1, 0.15) is 12.8 Å². The van der Waals surface area contributed by atoms with Crippen molar-refractivity contribution in [2.75, 3.05) is 11.9 Å². The number of rotatable bonds is 4. The SMILES string of the molecule is NC(CNc1ccc(Cl)nn1)C1CC1. The van der Waals surface area contributed by atoms with Gasteiger partial charge in [-0.3, -0.25) is 0 Å². The van der Waals surface area contributed by atoms with Gasteiger partial charge in [0.1, 0.15) is 5.82 Å². The number of anilines is 1. The Morgan fingerprint density at radius 3 is 2.86 bits per heavy atom. The van der Waals surface area contributed by atoms with E-state index in [9.17, 15) is 0 Å². The van der Waals surface area contributed by atoms with Crippen molar-refractivity contribution in [3.8, 4) is 0 Å². The van der Waals surface area contributed by atoms with E-state index in [1.807, 2.05) is 0 Å². The molecular formula is C9H13ClN4. The first-order chi connectivity index (χ1) is 6.75. The highest BCUT2D eigenvalue weighted by Crippen LogP contribution is 2.31. The quantitative estimate of drug-likeness (QED) is 0.789. The van der Waals surface area contributed by atoms with E-state index >= 15 is 0 Å². The summed E-state index contributed by atoms with van der Waals surface area (Å²) in [5, 5.41) is 11.2. The van der Waals surface area contributed by atoms with Gasteiger partial charge in [0.15, 0.2) is 5.15 Å². The lowest BCUT2D eigenvalue weighted by Crippen LogP contribution is -2.31. The number of nitrogens with zero attached hydrogens (tertiary/aromatic N) is 2. The van der Waals surface area contributed by atoms with Crippen molar-refractivity contribution in [2.24, 2.45) is 11.7 Å². The van der Waals surface area contributed by atoms with Crippen molar-refractivity contribution in [1.29, 1.82) is 0 Å². The summed E-state index contributed by atoms with van der Waals surface area (Å²) in [6, 6.07) is 3.74. The first-order valence-corrected chi connectivity index (χ1v) is 5.12. The Balaban J connectivity index is 1.82. The highest BCUT2D eigenvalue weighted by Gasteiger charge is 2.28. The highest BCUT2D eigenvalue weighted by atomic mass is 35.5. The van der Waals surface area contributed by atoms with Crippen LogP contribution in [0.25, 0.3) is 0 Å². The summed E-state index contributed by atoms with van der Waals surface area (Å²) in [7, 11) is 0. The first-order valence-electron chi connectivity index (χ1n) is 4.74. The average Bonchev–Trinajstić information content (AvgIpc) is 3.00. The Labute approximate surface area is 87.9 Å². The lowest BCUT2D eigenvalue weighted by molar-refractivity contribution is 0.619. The minimum Gasteiger partial charge on any atom is -0.367 e. The molecule has 2 rings (SSSR count). The van der Waals surface area contributed by atoms with Crippen molar-refractivity contribution >= 4 is 17.4 Å². The van der Waals surface area contributed by atoms with Gasteiger partial charge in [0.2, 0.25) is 0 Å². The summed E-state index contributed by atoms with van der Waals surface area (Å²) in [6.45, 7) is 0.751. The van der Waals surface area contributed by atoms with E-state index in [1.165, 1.54) is 12.8 Å². The zero-order chi connectivity index (χ0) is 9.97. The molecule has 1 heterocycles. The van der Waals surface area contributed by atoms with Gasteiger partial charge in [0.25, 0.3) is 0 Å². The van der Waals surface area contributed by atoms with Gasteiger partial charge in [0.05, 0.1) is 0 Å². The molecule has 1 aromatic heterocycles. The van der Waals surface area contributed by atoms with Crippen LogP contribution in [-0.4, -0.2) is 22.8 Å². The number of halogens is 1. The van der Waals surface area contributed by atoms with Crippen LogP contribution in [0.5, 0.6) is 0 Å². The second-order valence-electron chi connectivity index (χ2n) is 3.62. The number of nitrogens with two attached hydrogens (primary N) is 1. The molecule has 0 aromatic carbocycles. The van der Waals surface area contributed by atoms with Crippen molar-refractivity contribution in [3.63, 3.8) is 0 Å². The highest BCUT2D eigenvalue weighted by molar-refractivity contribution is 6.29. The Morgan fingerprint density at radius 2 is 2.29 bits per heavy atom. The second-order valence-corrected chi connectivity index (χ2v) is 4.01. The molecule has 1 aliphatic carbocycles. The molecule has 5 heteroatoms. The summed E-state index contributed by atoms with van der Waals surface area (Å²) in [5.41, 5.74) is 5.92. The van der Waals surface area contributed by atoms with Crippen LogP contribution in [0.4, 0.5) is 5.82 Å². The lowest BCUT2D eigenvalue weighted by Gasteiger charge is -2.11. The average molecular weight is 213 g/mol. The van der Waals surface area contributed by atoms with Gasteiger partial charge in [-0.05, 0) is 30.9 Å². The smallest absolute Gasteiger partial charge is 0.151 e. The van der Waals surface area contributed by atoms with Crippen LogP contribution in [0, 0.1) is 5.92 Å². The zero-order valence-corrected chi connectivity index (χ0v) is 8.54. The normalized spacial score (nSPS) is 17.9. The summed E-state index contributed by atoms with van der Waals surface area (Å²) >= 11 is 5.61. The van der Waals surface area contributed by atoms with Gasteiger partial charge in [0, 0.05) is 12.6 Å². The van der Waals surface area contributed by atoms with Crippen LogP contribution >= 0.6 is 11.6 Å². The lowest BCUT2D eigenvalue weighted by atomic mass is 10.2. The molecule has 0 amide bonds. The molecule has 1 aliphatic rings. The zero-order valence-electron chi connectivity index (χ0n) is 7.78. The molecule has 0 saturated heterocycles. The maximum atomic E-state index is 5.92. The van der Waals surface area contributed by atoms with Crippen LogP contribution < -0.4 is 11.1 Å². The van der Waals surface area contributed by atoms with Gasteiger partial charge >= 0.3 is 0 Å². The van der Waals surface area contributed by atoms with Gasteiger partial charge in [-0.25, -0.2) is 0 Å². The molecule has 1 atom stereocenters. The molecule has 0 aliphatic heterocycles. The van der Waals surface area contributed by atoms with E-state index in [1.54, 1.807) is 12.1 Å². The Hall–Kier alpha value is -0.870. The molecule has 76 valence electrons. The van der Waals surface area contributed by atoms with E-state index in [0.29, 0.717) is 11.1 Å². The summed E-state index contributed by atoms with van der Waals surface area (Å²) < 4.78 is 0. The van der Waals surface area contributed by atoms with E-state index in [2.05, 4.69) is 15.5 Å². The summed E-state index contributed by atoms with van der Waals surface area (Å²) in [5.74, 6) is 1.42. The number of hydrogen-bond donors (Lipinski definition) is 2.